The molecule has 0 radical (unpaired) electrons. The zero-order valence-corrected chi connectivity index (χ0v) is 9.29. The Hall–Kier alpha value is -0.670. The molecule has 0 heterocycles. The van der Waals surface area contributed by atoms with Gasteiger partial charge < -0.3 is 4.74 Å². The first-order valence-electron chi connectivity index (χ1n) is 4.18. The molecule has 0 saturated carbocycles. The highest BCUT2D eigenvalue weighted by Gasteiger charge is 2.04. The average Bonchev–Trinajstić information content (AvgIpc) is 2.11. The lowest BCUT2D eigenvalue weighted by molar-refractivity contribution is 0.413. The number of benzene rings is 1. The normalized spacial score (nSPS) is 10.2. The van der Waals surface area contributed by atoms with E-state index in [1.807, 2.05) is 19.2 Å². The highest BCUT2D eigenvalue weighted by atomic mass is 32.2. The summed E-state index contributed by atoms with van der Waals surface area (Å²) in [4.78, 5) is 1.28. The van der Waals surface area contributed by atoms with Gasteiger partial charge in [0.15, 0.2) is 0 Å². The minimum atomic E-state index is 0.926. The third-order valence-electron chi connectivity index (χ3n) is 1.87. The molecule has 0 amide bonds. The van der Waals surface area contributed by atoms with Crippen molar-refractivity contribution >= 4 is 11.9 Å². The number of rotatable bonds is 3. The SMILES string of the molecule is CNSc1c(C)cc(OC)cc1C. The first kappa shape index (κ1) is 10.4. The van der Waals surface area contributed by atoms with E-state index < -0.39 is 0 Å². The van der Waals surface area contributed by atoms with Gasteiger partial charge in [-0.1, -0.05) is 0 Å². The standard InChI is InChI=1S/C10H15NOS/c1-7-5-9(12-4)6-8(2)10(7)13-11-3/h5-6,11H,1-4H3. The van der Waals surface area contributed by atoms with Crippen LogP contribution < -0.4 is 9.46 Å². The molecule has 1 aromatic carbocycles. The Morgan fingerprint density at radius 3 is 2.15 bits per heavy atom. The van der Waals surface area contributed by atoms with E-state index in [1.54, 1.807) is 19.1 Å². The highest BCUT2D eigenvalue weighted by Crippen LogP contribution is 2.28. The first-order valence-corrected chi connectivity index (χ1v) is 4.99. The van der Waals surface area contributed by atoms with Crippen LogP contribution in [-0.2, 0) is 0 Å². The Labute approximate surface area is 83.8 Å². The third kappa shape index (κ3) is 2.39. The Morgan fingerprint density at radius 2 is 1.77 bits per heavy atom. The Balaban J connectivity index is 3.07. The maximum atomic E-state index is 5.18. The van der Waals surface area contributed by atoms with E-state index in [9.17, 15) is 0 Å². The summed E-state index contributed by atoms with van der Waals surface area (Å²) >= 11 is 1.64. The average molecular weight is 197 g/mol. The van der Waals surface area contributed by atoms with E-state index in [1.165, 1.54) is 16.0 Å². The molecular formula is C10H15NOS. The van der Waals surface area contributed by atoms with Crippen molar-refractivity contribution in [2.45, 2.75) is 18.7 Å². The number of hydrogen-bond acceptors (Lipinski definition) is 3. The van der Waals surface area contributed by atoms with Crippen molar-refractivity contribution in [2.24, 2.45) is 0 Å². The zero-order valence-electron chi connectivity index (χ0n) is 8.47. The molecule has 0 aromatic heterocycles. The number of nitrogens with one attached hydrogen (secondary N) is 1. The summed E-state index contributed by atoms with van der Waals surface area (Å²) in [6.07, 6.45) is 0. The summed E-state index contributed by atoms with van der Waals surface area (Å²) in [6, 6.07) is 4.10. The summed E-state index contributed by atoms with van der Waals surface area (Å²) in [5.41, 5.74) is 2.49. The van der Waals surface area contributed by atoms with Crippen molar-refractivity contribution in [3.05, 3.63) is 23.3 Å². The second kappa shape index (κ2) is 4.53. The maximum Gasteiger partial charge on any atom is 0.119 e. The van der Waals surface area contributed by atoms with E-state index in [0.717, 1.165) is 5.75 Å². The molecule has 0 aliphatic carbocycles. The molecular weight excluding hydrogens is 182 g/mol. The van der Waals surface area contributed by atoms with Crippen LogP contribution in [0.15, 0.2) is 17.0 Å². The zero-order chi connectivity index (χ0) is 9.84. The van der Waals surface area contributed by atoms with E-state index in [0.29, 0.717) is 0 Å². The fraction of sp³-hybridized carbons (Fsp3) is 0.400. The summed E-state index contributed by atoms with van der Waals surface area (Å²) in [7, 11) is 3.62. The quantitative estimate of drug-likeness (QED) is 0.752. The molecule has 1 N–H and O–H groups in total. The number of hydrogen-bond donors (Lipinski definition) is 1. The second-order valence-corrected chi connectivity index (χ2v) is 3.92. The summed E-state index contributed by atoms with van der Waals surface area (Å²) in [5.74, 6) is 0.926. The van der Waals surface area contributed by atoms with E-state index in [-0.39, 0.29) is 0 Å². The van der Waals surface area contributed by atoms with Gasteiger partial charge in [0, 0.05) is 4.90 Å². The smallest absolute Gasteiger partial charge is 0.119 e. The van der Waals surface area contributed by atoms with Crippen LogP contribution in [0.2, 0.25) is 0 Å². The van der Waals surface area contributed by atoms with Crippen LogP contribution in [-0.4, -0.2) is 14.2 Å². The molecule has 72 valence electrons. The van der Waals surface area contributed by atoms with Crippen LogP contribution in [0.3, 0.4) is 0 Å². The molecule has 0 aliphatic rings. The second-order valence-electron chi connectivity index (χ2n) is 2.90. The maximum absolute atomic E-state index is 5.18. The van der Waals surface area contributed by atoms with Gasteiger partial charge in [-0.3, -0.25) is 4.72 Å². The monoisotopic (exact) mass is 197 g/mol. The van der Waals surface area contributed by atoms with Gasteiger partial charge in [0.25, 0.3) is 0 Å². The van der Waals surface area contributed by atoms with Crippen molar-refractivity contribution in [1.29, 1.82) is 0 Å². The lowest BCUT2D eigenvalue weighted by Crippen LogP contribution is -1.96. The van der Waals surface area contributed by atoms with E-state index >= 15 is 0 Å². The fourth-order valence-corrected chi connectivity index (χ4v) is 1.94. The van der Waals surface area contributed by atoms with E-state index in [2.05, 4.69) is 18.6 Å². The molecule has 0 saturated heterocycles. The van der Waals surface area contributed by atoms with E-state index in [4.69, 9.17) is 4.74 Å². The van der Waals surface area contributed by atoms with Crippen LogP contribution in [0.5, 0.6) is 5.75 Å². The van der Waals surface area contributed by atoms with Gasteiger partial charge >= 0.3 is 0 Å². The number of methoxy groups -OCH3 is 1. The van der Waals surface area contributed by atoms with Crippen molar-refractivity contribution in [3.8, 4) is 5.75 Å². The molecule has 0 spiro atoms. The lowest BCUT2D eigenvalue weighted by atomic mass is 10.1. The third-order valence-corrected chi connectivity index (χ3v) is 2.93. The van der Waals surface area contributed by atoms with Gasteiger partial charge in [-0.2, -0.15) is 0 Å². The Bertz CT molecular complexity index is 276. The lowest BCUT2D eigenvalue weighted by Gasteiger charge is -2.10. The first-order chi connectivity index (χ1) is 6.19. The molecule has 0 atom stereocenters. The molecule has 13 heavy (non-hydrogen) atoms. The topological polar surface area (TPSA) is 21.3 Å². The minimum Gasteiger partial charge on any atom is -0.497 e. The molecule has 1 rings (SSSR count). The molecule has 0 fully saturated rings. The molecule has 2 nitrogen and oxygen atoms in total. The molecule has 0 unspecified atom stereocenters. The highest BCUT2D eigenvalue weighted by molar-refractivity contribution is 7.97. The van der Waals surface area contributed by atoms with Crippen LogP contribution in [0, 0.1) is 13.8 Å². The predicted molar refractivity (Wildman–Crippen MR) is 57.4 cm³/mol. The summed E-state index contributed by atoms with van der Waals surface area (Å²) < 4.78 is 8.26. The van der Waals surface area contributed by atoms with Gasteiger partial charge in [0.05, 0.1) is 7.11 Å². The molecule has 0 aliphatic heterocycles. The van der Waals surface area contributed by atoms with Crippen LogP contribution >= 0.6 is 11.9 Å². The fourth-order valence-electron chi connectivity index (χ4n) is 1.29. The summed E-state index contributed by atoms with van der Waals surface area (Å²) in [6.45, 7) is 4.18. The predicted octanol–water partition coefficient (Wildman–Crippen LogP) is 2.54. The van der Waals surface area contributed by atoms with Gasteiger partial charge in [-0.25, -0.2) is 0 Å². The van der Waals surface area contributed by atoms with Gasteiger partial charge in [0.1, 0.15) is 5.75 Å². The molecule has 1 aromatic rings. The van der Waals surface area contributed by atoms with Gasteiger partial charge in [-0.05, 0) is 56.1 Å². The minimum absolute atomic E-state index is 0.926. The van der Waals surface area contributed by atoms with Crippen LogP contribution in [0.1, 0.15) is 11.1 Å². The van der Waals surface area contributed by atoms with Gasteiger partial charge in [-0.15, -0.1) is 0 Å². The van der Waals surface area contributed by atoms with Gasteiger partial charge in [0.2, 0.25) is 0 Å². The molecule has 0 bridgehead atoms. The van der Waals surface area contributed by atoms with Crippen molar-refractivity contribution in [1.82, 2.24) is 4.72 Å². The number of aryl methyl sites for hydroxylation is 2. The van der Waals surface area contributed by atoms with Crippen molar-refractivity contribution in [3.63, 3.8) is 0 Å². The molecule has 3 heteroatoms. The van der Waals surface area contributed by atoms with Crippen molar-refractivity contribution in [2.75, 3.05) is 14.2 Å². The number of ether oxygens (including phenoxy) is 1. The Kier molecular flexibility index (Phi) is 3.63. The van der Waals surface area contributed by atoms with Crippen molar-refractivity contribution < 1.29 is 4.74 Å². The largest absolute Gasteiger partial charge is 0.497 e. The summed E-state index contributed by atoms with van der Waals surface area (Å²) in [5, 5.41) is 0. The Morgan fingerprint density at radius 1 is 1.23 bits per heavy atom. The van der Waals surface area contributed by atoms with Crippen LogP contribution in [0.4, 0.5) is 0 Å². The van der Waals surface area contributed by atoms with Crippen LogP contribution in [0.25, 0.3) is 0 Å².